The zero-order chi connectivity index (χ0) is 20.2. The molecule has 27 heavy (non-hydrogen) atoms. The molecule has 0 radical (unpaired) electrons. The van der Waals surface area contributed by atoms with Gasteiger partial charge in [-0.25, -0.2) is 0 Å². The van der Waals surface area contributed by atoms with Gasteiger partial charge < -0.3 is 20.7 Å². The molecule has 0 saturated heterocycles. The minimum atomic E-state index is -1.45. The van der Waals surface area contributed by atoms with Crippen molar-refractivity contribution in [3.8, 4) is 0 Å². The first-order valence-corrected chi connectivity index (χ1v) is 11.4. The Balaban J connectivity index is 3.40. The first-order chi connectivity index (χ1) is 13.1. The van der Waals surface area contributed by atoms with E-state index >= 15 is 0 Å². The molecule has 0 spiro atoms. The zero-order valence-corrected chi connectivity index (χ0v) is 17.7. The molecule has 0 fully saturated rings. The molecule has 5 nitrogen and oxygen atoms in total. The van der Waals surface area contributed by atoms with Crippen LogP contribution >= 0.6 is 0 Å². The summed E-state index contributed by atoms with van der Waals surface area (Å²) in [6.07, 6.45) is 18.5. The number of rotatable bonds is 20. The summed E-state index contributed by atoms with van der Waals surface area (Å²) in [5.74, 6) is -0.485. The topological polar surface area (TPSA) is 92.8 Å². The first kappa shape index (κ1) is 26.4. The van der Waals surface area contributed by atoms with Gasteiger partial charge in [-0.05, 0) is 12.8 Å². The van der Waals surface area contributed by atoms with E-state index in [1.807, 2.05) is 0 Å². The van der Waals surface area contributed by atoms with E-state index < -0.39 is 18.4 Å². The third kappa shape index (κ3) is 19.9. The lowest BCUT2D eigenvalue weighted by Crippen LogP contribution is -2.27. The maximum Gasteiger partial charge on any atom is 0.319 e. The summed E-state index contributed by atoms with van der Waals surface area (Å²) >= 11 is 0. The van der Waals surface area contributed by atoms with Gasteiger partial charge in [-0.2, -0.15) is 0 Å². The second-order valence-electron chi connectivity index (χ2n) is 7.77. The molecule has 4 N–H and O–H groups in total. The average molecular weight is 388 g/mol. The highest BCUT2D eigenvalue weighted by atomic mass is 16.5. The van der Waals surface area contributed by atoms with Crippen molar-refractivity contribution >= 4 is 5.97 Å². The average Bonchev–Trinajstić information content (AvgIpc) is 2.64. The molecule has 0 saturated carbocycles. The van der Waals surface area contributed by atoms with Crippen molar-refractivity contribution in [3.63, 3.8) is 0 Å². The molecule has 162 valence electrons. The molecule has 0 heterocycles. The predicted molar refractivity (Wildman–Crippen MR) is 111 cm³/mol. The van der Waals surface area contributed by atoms with E-state index in [9.17, 15) is 4.79 Å². The molecule has 0 aliphatic carbocycles. The van der Waals surface area contributed by atoms with Gasteiger partial charge in [0, 0.05) is 6.42 Å². The Bertz CT molecular complexity index is 323. The van der Waals surface area contributed by atoms with Crippen LogP contribution in [0.2, 0.25) is 0 Å². The van der Waals surface area contributed by atoms with Gasteiger partial charge in [-0.1, -0.05) is 96.8 Å². The lowest BCUT2D eigenvalue weighted by atomic mass is 10.0. The number of unbranched alkanes of at least 4 members (excludes halogenated alkanes) is 14. The van der Waals surface area contributed by atoms with Crippen molar-refractivity contribution in [1.29, 1.82) is 0 Å². The van der Waals surface area contributed by atoms with Gasteiger partial charge in [-0.3, -0.25) is 4.79 Å². The van der Waals surface area contributed by atoms with E-state index in [1.54, 1.807) is 0 Å². The van der Waals surface area contributed by atoms with Gasteiger partial charge >= 0.3 is 5.97 Å². The summed E-state index contributed by atoms with van der Waals surface area (Å²) in [7, 11) is 0. The lowest BCUT2D eigenvalue weighted by molar-refractivity contribution is -0.152. The molecule has 1 unspecified atom stereocenters. The molecule has 0 aliphatic rings. The fourth-order valence-corrected chi connectivity index (χ4v) is 3.44. The van der Waals surface area contributed by atoms with Crippen LogP contribution in [0.4, 0.5) is 0 Å². The number of aliphatic hydroxyl groups is 2. The van der Waals surface area contributed by atoms with Crippen LogP contribution in [-0.4, -0.2) is 35.1 Å². The third-order valence-electron chi connectivity index (χ3n) is 5.07. The number of aliphatic hydroxyl groups excluding tert-OH is 1. The molecule has 0 aromatic carbocycles. The molecule has 0 aromatic heterocycles. The molecule has 1 atom stereocenters. The smallest absolute Gasteiger partial charge is 0.319 e. The maximum atomic E-state index is 11.3. The SMILES string of the molecule is CCCCCCCCCCCCCCCCCC(CC(O)O)OC(=O)CN. The zero-order valence-electron chi connectivity index (χ0n) is 17.7. The van der Waals surface area contributed by atoms with E-state index in [1.165, 1.54) is 83.5 Å². The van der Waals surface area contributed by atoms with Crippen LogP contribution in [0.5, 0.6) is 0 Å². The quantitative estimate of drug-likeness (QED) is 0.158. The lowest BCUT2D eigenvalue weighted by Gasteiger charge is -2.18. The maximum absolute atomic E-state index is 11.3. The van der Waals surface area contributed by atoms with Crippen LogP contribution in [0.3, 0.4) is 0 Å². The van der Waals surface area contributed by atoms with Crippen LogP contribution in [0, 0.1) is 0 Å². The van der Waals surface area contributed by atoms with Gasteiger partial charge in [0.05, 0.1) is 6.54 Å². The van der Waals surface area contributed by atoms with Crippen molar-refractivity contribution in [2.75, 3.05) is 6.54 Å². The van der Waals surface area contributed by atoms with Crippen LogP contribution < -0.4 is 5.73 Å². The van der Waals surface area contributed by atoms with Gasteiger partial charge in [0.2, 0.25) is 0 Å². The van der Waals surface area contributed by atoms with Crippen LogP contribution in [-0.2, 0) is 9.53 Å². The summed E-state index contributed by atoms with van der Waals surface area (Å²) < 4.78 is 5.15. The van der Waals surface area contributed by atoms with Crippen molar-refractivity contribution in [2.24, 2.45) is 5.73 Å². The van der Waals surface area contributed by atoms with Crippen molar-refractivity contribution < 1.29 is 19.7 Å². The summed E-state index contributed by atoms with van der Waals surface area (Å²) in [6.45, 7) is 2.09. The van der Waals surface area contributed by atoms with E-state index in [2.05, 4.69) is 6.92 Å². The molecule has 0 aliphatic heterocycles. The Morgan fingerprint density at radius 1 is 0.778 bits per heavy atom. The van der Waals surface area contributed by atoms with E-state index in [4.69, 9.17) is 20.7 Å². The molecular formula is C22H45NO4. The highest BCUT2D eigenvalue weighted by molar-refractivity contribution is 5.71. The third-order valence-corrected chi connectivity index (χ3v) is 5.07. The molecule has 0 bridgehead atoms. The minimum absolute atomic E-state index is 0.0599. The first-order valence-electron chi connectivity index (χ1n) is 11.4. The van der Waals surface area contributed by atoms with E-state index in [-0.39, 0.29) is 13.0 Å². The Labute approximate surface area is 167 Å². The Morgan fingerprint density at radius 3 is 1.56 bits per heavy atom. The normalized spacial score (nSPS) is 12.5. The van der Waals surface area contributed by atoms with Gasteiger partial charge in [-0.15, -0.1) is 0 Å². The Kier molecular flexibility index (Phi) is 19.6. The number of ether oxygens (including phenoxy) is 1. The number of esters is 1. The van der Waals surface area contributed by atoms with Crippen LogP contribution in [0.1, 0.15) is 116 Å². The fraction of sp³-hybridized carbons (Fsp3) is 0.955. The number of carbonyl (C=O) groups is 1. The summed E-state index contributed by atoms with van der Waals surface area (Å²) in [5, 5.41) is 18.1. The summed E-state index contributed by atoms with van der Waals surface area (Å²) in [5.41, 5.74) is 5.24. The second-order valence-corrected chi connectivity index (χ2v) is 7.77. The summed E-state index contributed by atoms with van der Waals surface area (Å²) in [6, 6.07) is 0. The second kappa shape index (κ2) is 20.1. The van der Waals surface area contributed by atoms with Crippen molar-refractivity contribution in [3.05, 3.63) is 0 Å². The fourth-order valence-electron chi connectivity index (χ4n) is 3.44. The van der Waals surface area contributed by atoms with Gasteiger partial charge in [0.1, 0.15) is 6.10 Å². The number of hydrogen-bond acceptors (Lipinski definition) is 5. The predicted octanol–water partition coefficient (Wildman–Crippen LogP) is 4.82. The number of hydrogen-bond donors (Lipinski definition) is 3. The number of nitrogens with two attached hydrogens (primary N) is 1. The van der Waals surface area contributed by atoms with Crippen LogP contribution in [0.15, 0.2) is 0 Å². The van der Waals surface area contributed by atoms with Crippen molar-refractivity contribution in [1.82, 2.24) is 0 Å². The molecule has 0 aromatic rings. The highest BCUT2D eigenvalue weighted by Crippen LogP contribution is 2.16. The van der Waals surface area contributed by atoms with Gasteiger partial charge in [0.25, 0.3) is 0 Å². The largest absolute Gasteiger partial charge is 0.461 e. The van der Waals surface area contributed by atoms with Crippen molar-refractivity contribution in [2.45, 2.75) is 128 Å². The molecule has 5 heteroatoms. The van der Waals surface area contributed by atoms with E-state index in [0.717, 1.165) is 12.8 Å². The molecular weight excluding hydrogens is 342 g/mol. The van der Waals surface area contributed by atoms with Crippen LogP contribution in [0.25, 0.3) is 0 Å². The Morgan fingerprint density at radius 2 is 1.19 bits per heavy atom. The monoisotopic (exact) mass is 387 g/mol. The number of carbonyl (C=O) groups excluding carboxylic acids is 1. The minimum Gasteiger partial charge on any atom is -0.461 e. The molecule has 0 amide bonds. The molecule has 0 rings (SSSR count). The van der Waals surface area contributed by atoms with Gasteiger partial charge in [0.15, 0.2) is 6.29 Å². The van der Waals surface area contributed by atoms with E-state index in [0.29, 0.717) is 6.42 Å². The standard InChI is InChI=1S/C22H45NO4/c1-2-3-4-5-6-7-8-9-10-11-12-13-14-15-16-17-20(18-21(24)25)27-22(26)19-23/h20-21,24-25H,2-19,23H2,1H3. The Hall–Kier alpha value is -0.650. The highest BCUT2D eigenvalue weighted by Gasteiger charge is 2.16. The summed E-state index contributed by atoms with van der Waals surface area (Å²) in [4.78, 5) is 11.3.